The van der Waals surface area contributed by atoms with Crippen molar-refractivity contribution in [2.45, 2.75) is 0 Å². The first-order valence-electron chi connectivity index (χ1n) is 6.67. The van der Waals surface area contributed by atoms with Crippen LogP contribution in [-0.2, 0) is 0 Å². The summed E-state index contributed by atoms with van der Waals surface area (Å²) in [4.78, 5) is 16.8. The lowest BCUT2D eigenvalue weighted by atomic mass is 9.96. The standard InChI is InChI=1S/C18H14N2O/c19-17-12-6-11-16(20-17)18(21)15-10-5-4-9-14(15)13-7-2-1-3-8-13/h1-12H,(H2,19,20). The second-order valence-electron chi connectivity index (χ2n) is 4.69. The molecule has 0 aliphatic carbocycles. The Hall–Kier alpha value is -2.94. The first-order valence-corrected chi connectivity index (χ1v) is 6.67. The Kier molecular flexibility index (Phi) is 3.48. The van der Waals surface area contributed by atoms with Crippen LogP contribution in [0.5, 0.6) is 0 Å². The fraction of sp³-hybridized carbons (Fsp3) is 0. The minimum absolute atomic E-state index is 0.123. The second kappa shape index (κ2) is 5.59. The number of benzene rings is 2. The summed E-state index contributed by atoms with van der Waals surface area (Å²) in [6.45, 7) is 0. The Morgan fingerprint density at radius 3 is 2.29 bits per heavy atom. The number of aromatic nitrogens is 1. The first kappa shape index (κ1) is 13.1. The SMILES string of the molecule is Nc1cccc(C(=O)c2ccccc2-c2ccccc2)n1. The zero-order valence-electron chi connectivity index (χ0n) is 11.4. The highest BCUT2D eigenvalue weighted by Gasteiger charge is 2.15. The van der Waals surface area contributed by atoms with Gasteiger partial charge >= 0.3 is 0 Å². The van der Waals surface area contributed by atoms with Crippen molar-refractivity contribution in [1.29, 1.82) is 0 Å². The van der Waals surface area contributed by atoms with Gasteiger partial charge in [0.05, 0.1) is 0 Å². The molecule has 0 saturated heterocycles. The topological polar surface area (TPSA) is 56.0 Å². The number of nitrogen functional groups attached to an aromatic ring is 1. The Balaban J connectivity index is 2.09. The molecule has 0 unspecified atom stereocenters. The fourth-order valence-corrected chi connectivity index (χ4v) is 2.27. The van der Waals surface area contributed by atoms with E-state index in [-0.39, 0.29) is 5.78 Å². The highest BCUT2D eigenvalue weighted by Crippen LogP contribution is 2.25. The van der Waals surface area contributed by atoms with Crippen LogP contribution in [0.15, 0.2) is 72.8 Å². The van der Waals surface area contributed by atoms with Gasteiger partial charge in [0.15, 0.2) is 0 Å². The minimum Gasteiger partial charge on any atom is -0.384 e. The van der Waals surface area contributed by atoms with E-state index in [0.717, 1.165) is 11.1 Å². The maximum atomic E-state index is 12.7. The Labute approximate surface area is 123 Å². The van der Waals surface area contributed by atoms with Gasteiger partial charge in [0, 0.05) is 5.56 Å². The fourth-order valence-electron chi connectivity index (χ4n) is 2.27. The Morgan fingerprint density at radius 1 is 0.810 bits per heavy atom. The van der Waals surface area contributed by atoms with Crippen LogP contribution in [0.2, 0.25) is 0 Å². The summed E-state index contributed by atoms with van der Waals surface area (Å²) >= 11 is 0. The van der Waals surface area contributed by atoms with Crippen molar-refractivity contribution in [1.82, 2.24) is 4.98 Å². The molecular weight excluding hydrogens is 260 g/mol. The predicted molar refractivity (Wildman–Crippen MR) is 84.0 cm³/mol. The van der Waals surface area contributed by atoms with Gasteiger partial charge in [-0.25, -0.2) is 4.98 Å². The molecule has 1 aromatic heterocycles. The van der Waals surface area contributed by atoms with Gasteiger partial charge in [-0.3, -0.25) is 4.79 Å². The van der Waals surface area contributed by atoms with Crippen LogP contribution >= 0.6 is 0 Å². The van der Waals surface area contributed by atoms with E-state index in [1.807, 2.05) is 54.6 Å². The molecule has 0 aliphatic heterocycles. The molecule has 0 radical (unpaired) electrons. The molecule has 0 saturated carbocycles. The summed E-state index contributed by atoms with van der Waals surface area (Å²) in [5.74, 6) is 0.222. The van der Waals surface area contributed by atoms with E-state index in [2.05, 4.69) is 4.98 Å². The zero-order valence-corrected chi connectivity index (χ0v) is 11.4. The highest BCUT2D eigenvalue weighted by molar-refractivity contribution is 6.11. The van der Waals surface area contributed by atoms with Gasteiger partial charge in [0.1, 0.15) is 11.5 Å². The molecule has 3 aromatic rings. The molecule has 0 bridgehead atoms. The molecule has 3 nitrogen and oxygen atoms in total. The molecule has 0 aliphatic rings. The van der Waals surface area contributed by atoms with Gasteiger partial charge in [-0.05, 0) is 23.3 Å². The molecule has 3 rings (SSSR count). The van der Waals surface area contributed by atoms with Crippen molar-refractivity contribution >= 4 is 11.6 Å². The molecule has 0 spiro atoms. The lowest BCUT2D eigenvalue weighted by Gasteiger charge is -2.08. The molecule has 1 heterocycles. The van der Waals surface area contributed by atoms with Gasteiger partial charge in [0.25, 0.3) is 0 Å². The Morgan fingerprint density at radius 2 is 1.52 bits per heavy atom. The van der Waals surface area contributed by atoms with E-state index in [1.54, 1.807) is 18.2 Å². The van der Waals surface area contributed by atoms with E-state index in [0.29, 0.717) is 17.1 Å². The second-order valence-corrected chi connectivity index (χ2v) is 4.69. The van der Waals surface area contributed by atoms with Crippen molar-refractivity contribution < 1.29 is 4.79 Å². The highest BCUT2D eigenvalue weighted by atomic mass is 16.1. The largest absolute Gasteiger partial charge is 0.384 e. The molecule has 21 heavy (non-hydrogen) atoms. The summed E-state index contributed by atoms with van der Waals surface area (Å²) in [7, 11) is 0. The van der Waals surface area contributed by atoms with E-state index in [9.17, 15) is 4.79 Å². The molecule has 3 heteroatoms. The van der Waals surface area contributed by atoms with Crippen LogP contribution < -0.4 is 5.73 Å². The number of ketones is 1. The maximum Gasteiger partial charge on any atom is 0.212 e. The quantitative estimate of drug-likeness (QED) is 0.743. The molecule has 0 atom stereocenters. The van der Waals surface area contributed by atoms with Gasteiger partial charge in [-0.15, -0.1) is 0 Å². The summed E-state index contributed by atoms with van der Waals surface area (Å²) in [6, 6.07) is 22.4. The lowest BCUT2D eigenvalue weighted by molar-refractivity contribution is 0.103. The van der Waals surface area contributed by atoms with E-state index < -0.39 is 0 Å². The number of carbonyl (C=O) groups is 1. The maximum absolute atomic E-state index is 12.7. The molecule has 2 N–H and O–H groups in total. The van der Waals surface area contributed by atoms with Crippen LogP contribution in [0.3, 0.4) is 0 Å². The minimum atomic E-state index is -0.123. The normalized spacial score (nSPS) is 10.3. The van der Waals surface area contributed by atoms with Crippen molar-refractivity contribution in [3.63, 3.8) is 0 Å². The third-order valence-corrected chi connectivity index (χ3v) is 3.26. The summed E-state index contributed by atoms with van der Waals surface area (Å²) in [5, 5.41) is 0. The van der Waals surface area contributed by atoms with Gasteiger partial charge in [-0.2, -0.15) is 0 Å². The smallest absolute Gasteiger partial charge is 0.212 e. The number of hydrogen-bond acceptors (Lipinski definition) is 3. The number of carbonyl (C=O) groups excluding carboxylic acids is 1. The van der Waals surface area contributed by atoms with E-state index in [1.165, 1.54) is 0 Å². The zero-order chi connectivity index (χ0) is 14.7. The van der Waals surface area contributed by atoms with Crippen molar-refractivity contribution in [2.24, 2.45) is 0 Å². The van der Waals surface area contributed by atoms with Crippen LogP contribution in [-0.4, -0.2) is 10.8 Å². The van der Waals surface area contributed by atoms with Crippen LogP contribution in [0.4, 0.5) is 5.82 Å². The predicted octanol–water partition coefficient (Wildman–Crippen LogP) is 3.56. The number of nitrogens with zero attached hydrogens (tertiary/aromatic N) is 1. The number of pyridine rings is 1. The molecule has 0 fully saturated rings. The average molecular weight is 274 g/mol. The van der Waals surface area contributed by atoms with E-state index >= 15 is 0 Å². The van der Waals surface area contributed by atoms with Gasteiger partial charge in [-0.1, -0.05) is 60.7 Å². The first-order chi connectivity index (χ1) is 10.3. The summed E-state index contributed by atoms with van der Waals surface area (Å²) in [6.07, 6.45) is 0. The molecule has 2 aromatic carbocycles. The van der Waals surface area contributed by atoms with Crippen molar-refractivity contribution in [3.8, 4) is 11.1 Å². The van der Waals surface area contributed by atoms with Crippen molar-refractivity contribution in [3.05, 3.63) is 84.1 Å². The third-order valence-electron chi connectivity index (χ3n) is 3.26. The van der Waals surface area contributed by atoms with Gasteiger partial charge in [0.2, 0.25) is 5.78 Å². The number of anilines is 1. The van der Waals surface area contributed by atoms with E-state index in [4.69, 9.17) is 5.73 Å². The van der Waals surface area contributed by atoms with Crippen molar-refractivity contribution in [2.75, 3.05) is 5.73 Å². The molecule has 102 valence electrons. The summed E-state index contributed by atoms with van der Waals surface area (Å²) in [5.41, 5.74) is 8.55. The number of rotatable bonds is 3. The lowest BCUT2D eigenvalue weighted by Crippen LogP contribution is -2.07. The average Bonchev–Trinajstić information content (AvgIpc) is 2.55. The molecule has 0 amide bonds. The number of nitrogens with two attached hydrogens (primary N) is 1. The monoisotopic (exact) mass is 274 g/mol. The summed E-state index contributed by atoms with van der Waals surface area (Å²) < 4.78 is 0. The Bertz CT molecular complexity index is 782. The number of hydrogen-bond donors (Lipinski definition) is 1. The van der Waals surface area contributed by atoms with Crippen LogP contribution in [0.1, 0.15) is 16.1 Å². The van der Waals surface area contributed by atoms with Crippen LogP contribution in [0.25, 0.3) is 11.1 Å². The van der Waals surface area contributed by atoms with Crippen LogP contribution in [0, 0.1) is 0 Å². The third kappa shape index (κ3) is 2.67. The van der Waals surface area contributed by atoms with Gasteiger partial charge < -0.3 is 5.73 Å². The molecular formula is C18H14N2O.